The fourth-order valence-corrected chi connectivity index (χ4v) is 0. The van der Waals surface area contributed by atoms with E-state index in [0.29, 0.717) is 0 Å². The fraction of sp³-hybridized carbons (Fsp3) is 0.500. The van der Waals surface area contributed by atoms with Crippen LogP contribution < -0.4 is 12.3 Å². The maximum Gasteiger partial charge on any atom is 0.394 e. The normalized spacial score (nSPS) is 6.60. The summed E-state index contributed by atoms with van der Waals surface area (Å²) in [4.78, 5) is 0. The second-order valence-electron chi connectivity index (χ2n) is 0.671. The minimum atomic E-state index is -4.67. The van der Waals surface area contributed by atoms with Crippen molar-refractivity contribution in [2.24, 2.45) is 0 Å². The number of nitrogens with zero attached hydrogens (tertiary/aromatic N) is 1. The highest BCUT2D eigenvalue weighted by molar-refractivity contribution is 7.79. The Morgan fingerprint density at radius 2 is 1.30 bits per heavy atom. The zero-order chi connectivity index (χ0) is 7.21. The number of hydrogen-bond acceptors (Lipinski definition) is 5. The molecule has 10 heavy (non-hydrogen) atoms. The molecule has 0 unspecified atom stereocenters. The Morgan fingerprint density at radius 3 is 1.30 bits per heavy atom. The first kappa shape index (κ1) is 22.8. The Labute approximate surface area is 59.4 Å². The third kappa shape index (κ3) is 554. The van der Waals surface area contributed by atoms with Crippen molar-refractivity contribution in [3.63, 3.8) is 0 Å². The molecule has 0 bridgehead atoms. The van der Waals surface area contributed by atoms with Gasteiger partial charge < -0.3 is 12.3 Å². The van der Waals surface area contributed by atoms with Crippen LogP contribution in [-0.4, -0.2) is 17.5 Å². The van der Waals surface area contributed by atoms with E-state index in [2.05, 4.69) is 0 Å². The molecule has 0 rings (SSSR count). The predicted molar refractivity (Wildman–Crippen MR) is 35.5 cm³/mol. The van der Waals surface area contributed by atoms with Gasteiger partial charge in [-0.1, -0.05) is 0 Å². The number of rotatable bonds is 0. The van der Waals surface area contributed by atoms with Gasteiger partial charge in [-0.3, -0.25) is 9.11 Å². The molecular formula is C2H11N3O4S. The predicted octanol–water partition coefficient (Wildman–Crippen LogP) is 0.201. The summed E-state index contributed by atoms with van der Waals surface area (Å²) in [6, 6.07) is 1.75. The second kappa shape index (κ2) is 11.1. The second-order valence-corrected chi connectivity index (χ2v) is 1.57. The van der Waals surface area contributed by atoms with Crippen molar-refractivity contribution in [2.75, 3.05) is 0 Å². The number of nitriles is 1. The fourth-order valence-electron chi connectivity index (χ4n) is 0. The minimum Gasteiger partial charge on any atom is -0.344 e. The van der Waals surface area contributed by atoms with Crippen LogP contribution in [-0.2, 0) is 10.4 Å². The summed E-state index contributed by atoms with van der Waals surface area (Å²) < 4.78 is 31.6. The van der Waals surface area contributed by atoms with E-state index in [1.807, 2.05) is 0 Å². The lowest BCUT2D eigenvalue weighted by atomic mass is 11.0. The Balaban J connectivity index is -0.0000000326. The molecule has 0 aromatic rings. The Morgan fingerprint density at radius 1 is 1.30 bits per heavy atom. The van der Waals surface area contributed by atoms with Gasteiger partial charge in [0.2, 0.25) is 0 Å². The highest BCUT2D eigenvalue weighted by atomic mass is 32.3. The first-order chi connectivity index (χ1) is 3.41. The maximum atomic E-state index is 8.74. The molecule has 8 heteroatoms. The average Bonchev–Trinajstić information content (AvgIpc) is 1.27. The van der Waals surface area contributed by atoms with Gasteiger partial charge in [-0.25, -0.2) is 0 Å². The first-order valence-corrected chi connectivity index (χ1v) is 2.82. The van der Waals surface area contributed by atoms with Crippen molar-refractivity contribution < 1.29 is 17.5 Å². The van der Waals surface area contributed by atoms with Crippen LogP contribution in [0.3, 0.4) is 0 Å². The molecule has 0 aliphatic rings. The van der Waals surface area contributed by atoms with Crippen molar-refractivity contribution in [2.45, 2.75) is 6.92 Å². The molecule has 7 nitrogen and oxygen atoms in total. The van der Waals surface area contributed by atoms with Crippen LogP contribution in [0.1, 0.15) is 6.92 Å². The molecule has 0 aromatic heterocycles. The Hall–Kier alpha value is -0.720. The summed E-state index contributed by atoms with van der Waals surface area (Å²) in [7, 11) is -4.67. The summed E-state index contributed by atoms with van der Waals surface area (Å²) in [5, 5.41) is 7.32. The zero-order valence-electron chi connectivity index (χ0n) is 5.48. The average molecular weight is 173 g/mol. The molecule has 0 heterocycles. The molecular weight excluding hydrogens is 162 g/mol. The van der Waals surface area contributed by atoms with Crippen LogP contribution >= 0.6 is 0 Å². The van der Waals surface area contributed by atoms with Crippen LogP contribution in [0.2, 0.25) is 0 Å². The maximum absolute atomic E-state index is 8.74. The van der Waals surface area contributed by atoms with Gasteiger partial charge in [0.05, 0.1) is 6.07 Å². The molecule has 64 valence electrons. The molecule has 0 atom stereocenters. The van der Waals surface area contributed by atoms with Gasteiger partial charge in [0.25, 0.3) is 0 Å². The summed E-state index contributed by atoms with van der Waals surface area (Å²) in [5.41, 5.74) is 0. The van der Waals surface area contributed by atoms with Crippen LogP contribution in [0.5, 0.6) is 0 Å². The summed E-state index contributed by atoms with van der Waals surface area (Å²) >= 11 is 0. The summed E-state index contributed by atoms with van der Waals surface area (Å²) in [5.74, 6) is 0. The minimum absolute atomic E-state index is 0. The highest BCUT2D eigenvalue weighted by Crippen LogP contribution is 1.59. The first-order valence-electron chi connectivity index (χ1n) is 1.42. The van der Waals surface area contributed by atoms with Crippen molar-refractivity contribution in [1.29, 1.82) is 5.26 Å². The van der Waals surface area contributed by atoms with Gasteiger partial charge in [-0.05, 0) is 0 Å². The lowest BCUT2D eigenvalue weighted by Gasteiger charge is -1.68. The van der Waals surface area contributed by atoms with Crippen molar-refractivity contribution in [3.05, 3.63) is 0 Å². The van der Waals surface area contributed by atoms with Crippen molar-refractivity contribution >= 4 is 10.4 Å². The van der Waals surface area contributed by atoms with E-state index in [-0.39, 0.29) is 12.3 Å². The lowest BCUT2D eigenvalue weighted by Crippen LogP contribution is -1.89. The quantitative estimate of drug-likeness (QED) is 0.379. The zero-order valence-corrected chi connectivity index (χ0v) is 6.30. The van der Waals surface area contributed by atoms with Gasteiger partial charge in [-0.15, -0.1) is 0 Å². The lowest BCUT2D eigenvalue weighted by molar-refractivity contribution is 0.381. The molecule has 0 saturated heterocycles. The molecule has 0 amide bonds. The third-order valence-electron chi connectivity index (χ3n) is 0. The van der Waals surface area contributed by atoms with E-state index >= 15 is 0 Å². The largest absolute Gasteiger partial charge is 0.394 e. The Bertz CT molecular complexity index is 159. The topological polar surface area (TPSA) is 168 Å². The van der Waals surface area contributed by atoms with E-state index in [1.165, 1.54) is 6.92 Å². The van der Waals surface area contributed by atoms with E-state index in [9.17, 15) is 0 Å². The molecule has 8 N–H and O–H groups in total. The van der Waals surface area contributed by atoms with Crippen molar-refractivity contribution in [1.82, 2.24) is 12.3 Å². The Kier molecular flexibility index (Phi) is 25.4. The van der Waals surface area contributed by atoms with Crippen LogP contribution in [0.15, 0.2) is 0 Å². The smallest absolute Gasteiger partial charge is 0.344 e. The van der Waals surface area contributed by atoms with Gasteiger partial charge in [0, 0.05) is 6.92 Å². The number of hydrogen-bond donors (Lipinski definition) is 4. The molecule has 0 aliphatic heterocycles. The highest BCUT2D eigenvalue weighted by Gasteiger charge is 1.84. The SMILES string of the molecule is CC#N.N.N.O=S(=O)(O)O. The van der Waals surface area contributed by atoms with Crippen LogP contribution in [0, 0.1) is 11.3 Å². The van der Waals surface area contributed by atoms with Gasteiger partial charge in [0.1, 0.15) is 0 Å². The molecule has 0 saturated carbocycles. The van der Waals surface area contributed by atoms with E-state index in [4.69, 9.17) is 22.8 Å². The summed E-state index contributed by atoms with van der Waals surface area (Å²) in [6.07, 6.45) is 0. The van der Waals surface area contributed by atoms with Gasteiger partial charge >= 0.3 is 10.4 Å². The molecule has 0 aliphatic carbocycles. The van der Waals surface area contributed by atoms with Gasteiger partial charge in [0.15, 0.2) is 0 Å². The molecule has 0 fully saturated rings. The van der Waals surface area contributed by atoms with Gasteiger partial charge in [-0.2, -0.15) is 13.7 Å². The molecule has 0 aromatic carbocycles. The van der Waals surface area contributed by atoms with Crippen LogP contribution in [0.4, 0.5) is 0 Å². The van der Waals surface area contributed by atoms with Crippen LogP contribution in [0.25, 0.3) is 0 Å². The van der Waals surface area contributed by atoms with E-state index < -0.39 is 10.4 Å². The molecule has 0 radical (unpaired) electrons. The monoisotopic (exact) mass is 173 g/mol. The van der Waals surface area contributed by atoms with E-state index in [1.54, 1.807) is 6.07 Å². The summed E-state index contributed by atoms with van der Waals surface area (Å²) in [6.45, 7) is 1.43. The third-order valence-corrected chi connectivity index (χ3v) is 0. The van der Waals surface area contributed by atoms with Crippen molar-refractivity contribution in [3.8, 4) is 6.07 Å². The molecule has 0 spiro atoms. The standard InChI is InChI=1S/C2H3N.2H3N.H2O4S/c1-2-3;;;1-5(2,3)4/h1H3;2*1H3;(H2,1,2,3,4). The van der Waals surface area contributed by atoms with E-state index in [0.717, 1.165) is 0 Å².